The smallest absolute Gasteiger partial charge is 0.341 e. The zero-order chi connectivity index (χ0) is 28.8. The van der Waals surface area contributed by atoms with Gasteiger partial charge in [0.1, 0.15) is 5.00 Å². The molecule has 40 heavy (non-hydrogen) atoms. The van der Waals surface area contributed by atoms with Gasteiger partial charge in [-0.2, -0.15) is 0 Å². The van der Waals surface area contributed by atoms with Crippen LogP contribution in [0.3, 0.4) is 0 Å². The highest BCUT2D eigenvalue weighted by Crippen LogP contribution is 2.38. The highest BCUT2D eigenvalue weighted by atomic mass is 32.2. The van der Waals surface area contributed by atoms with Crippen molar-refractivity contribution in [1.29, 1.82) is 0 Å². The van der Waals surface area contributed by atoms with Crippen LogP contribution < -0.4 is 16.0 Å². The third-order valence-electron chi connectivity index (χ3n) is 6.30. The van der Waals surface area contributed by atoms with Gasteiger partial charge in [-0.05, 0) is 75.3 Å². The van der Waals surface area contributed by atoms with Crippen LogP contribution in [-0.4, -0.2) is 46.2 Å². The van der Waals surface area contributed by atoms with E-state index in [0.29, 0.717) is 35.2 Å². The van der Waals surface area contributed by atoms with Crippen LogP contribution >= 0.6 is 35.3 Å². The molecule has 3 aromatic rings. The summed E-state index contributed by atoms with van der Waals surface area (Å²) in [5, 5.41) is 9.80. The lowest BCUT2D eigenvalue weighted by Crippen LogP contribution is -2.34. The van der Waals surface area contributed by atoms with Crippen LogP contribution in [0.25, 0.3) is 0 Å². The van der Waals surface area contributed by atoms with E-state index in [2.05, 4.69) is 16.0 Å². The normalized spacial score (nSPS) is 13.2. The number of ether oxygens (including phenoxy) is 1. The first kappa shape index (κ1) is 29.6. The Morgan fingerprint density at radius 3 is 2.52 bits per heavy atom. The molecule has 1 aliphatic heterocycles. The van der Waals surface area contributed by atoms with Gasteiger partial charge in [0.05, 0.1) is 24.0 Å². The predicted molar refractivity (Wildman–Crippen MR) is 166 cm³/mol. The Hall–Kier alpha value is -3.41. The van der Waals surface area contributed by atoms with E-state index in [-0.39, 0.29) is 18.4 Å². The number of aryl methyl sites for hydroxylation is 1. The summed E-state index contributed by atoms with van der Waals surface area (Å²) in [4.78, 5) is 41.5. The van der Waals surface area contributed by atoms with Gasteiger partial charge in [0.25, 0.3) is 0 Å². The average molecular weight is 597 g/mol. The van der Waals surface area contributed by atoms with Gasteiger partial charge in [0, 0.05) is 34.6 Å². The lowest BCUT2D eigenvalue weighted by molar-refractivity contribution is -0.129. The molecule has 1 atom stereocenters. The van der Waals surface area contributed by atoms with Crippen molar-refractivity contribution in [3.8, 4) is 0 Å². The number of carbonyl (C=O) groups excluding carboxylic acids is 3. The first-order valence-corrected chi connectivity index (χ1v) is 15.0. The Morgan fingerprint density at radius 2 is 1.82 bits per heavy atom. The molecule has 0 saturated heterocycles. The number of esters is 1. The van der Waals surface area contributed by atoms with Gasteiger partial charge >= 0.3 is 5.97 Å². The number of amides is 2. The zero-order valence-electron chi connectivity index (χ0n) is 22.8. The number of nitrogens with zero attached hydrogens (tertiary/aromatic N) is 1. The Labute approximate surface area is 247 Å². The third-order valence-corrected chi connectivity index (χ3v) is 8.73. The Bertz CT molecular complexity index is 1420. The van der Waals surface area contributed by atoms with Crippen LogP contribution in [0.15, 0.2) is 53.4 Å². The number of rotatable bonds is 8. The van der Waals surface area contributed by atoms with E-state index in [0.717, 1.165) is 26.7 Å². The number of hydrogen-bond acceptors (Lipinski definition) is 7. The quantitative estimate of drug-likeness (QED) is 0.164. The maximum atomic E-state index is 13.2. The predicted octanol–water partition coefficient (Wildman–Crippen LogP) is 6.07. The molecule has 2 heterocycles. The van der Waals surface area contributed by atoms with Gasteiger partial charge in [-0.25, -0.2) is 4.79 Å². The number of nitrogens with one attached hydrogen (secondary N) is 3. The van der Waals surface area contributed by atoms with E-state index < -0.39 is 11.2 Å². The number of fused-ring (bicyclic) bond motifs is 1. The summed E-state index contributed by atoms with van der Waals surface area (Å²) >= 11 is 8.19. The van der Waals surface area contributed by atoms with Crippen molar-refractivity contribution >= 4 is 74.6 Å². The average Bonchev–Trinajstić information content (AvgIpc) is 3.27. The fourth-order valence-electron chi connectivity index (χ4n) is 4.23. The van der Waals surface area contributed by atoms with Gasteiger partial charge in [-0.1, -0.05) is 23.8 Å². The molecule has 11 heteroatoms. The molecule has 1 unspecified atom stereocenters. The summed E-state index contributed by atoms with van der Waals surface area (Å²) in [7, 11) is 0. The van der Waals surface area contributed by atoms with E-state index in [1.54, 1.807) is 11.8 Å². The second kappa shape index (κ2) is 13.3. The Balaban J connectivity index is 1.42. The van der Waals surface area contributed by atoms with Crippen LogP contribution in [0.1, 0.15) is 47.1 Å². The molecule has 0 saturated carbocycles. The molecule has 0 aliphatic carbocycles. The topological polar surface area (TPSA) is 99.8 Å². The molecule has 1 aliphatic rings. The van der Waals surface area contributed by atoms with E-state index in [9.17, 15) is 14.4 Å². The zero-order valence-corrected chi connectivity index (χ0v) is 25.3. The fourth-order valence-corrected chi connectivity index (χ4v) is 6.64. The molecule has 0 fully saturated rings. The van der Waals surface area contributed by atoms with Crippen molar-refractivity contribution in [2.45, 2.75) is 50.8 Å². The van der Waals surface area contributed by atoms with Crippen LogP contribution in [-0.2, 0) is 27.3 Å². The molecular weight excluding hydrogens is 565 g/mol. The van der Waals surface area contributed by atoms with Crippen molar-refractivity contribution in [2.75, 3.05) is 29.1 Å². The molecule has 210 valence electrons. The summed E-state index contributed by atoms with van der Waals surface area (Å²) in [5.41, 5.74) is 4.11. The van der Waals surface area contributed by atoms with Gasteiger partial charge < -0.3 is 25.6 Å². The van der Waals surface area contributed by atoms with Crippen LogP contribution in [0, 0.1) is 6.92 Å². The Kier molecular flexibility index (Phi) is 9.83. The largest absolute Gasteiger partial charge is 0.462 e. The minimum atomic E-state index is -0.458. The maximum absolute atomic E-state index is 13.2. The summed E-state index contributed by atoms with van der Waals surface area (Å²) in [5.74, 6) is -0.705. The first-order chi connectivity index (χ1) is 19.1. The van der Waals surface area contributed by atoms with E-state index in [1.165, 1.54) is 35.6 Å². The van der Waals surface area contributed by atoms with Gasteiger partial charge in [-0.15, -0.1) is 23.1 Å². The lowest BCUT2D eigenvalue weighted by Gasteiger charge is -2.25. The van der Waals surface area contributed by atoms with Crippen LogP contribution in [0.4, 0.5) is 16.4 Å². The number of benzene rings is 2. The fraction of sp³-hybridized carbons (Fsp3) is 0.310. The van der Waals surface area contributed by atoms with Crippen molar-refractivity contribution in [2.24, 2.45) is 0 Å². The monoisotopic (exact) mass is 596 g/mol. The number of thiocarbonyl (C=S) groups is 1. The van der Waals surface area contributed by atoms with Crippen molar-refractivity contribution in [3.05, 3.63) is 70.1 Å². The second-order valence-electron chi connectivity index (χ2n) is 9.34. The summed E-state index contributed by atoms with van der Waals surface area (Å²) in [6, 6.07) is 15.6. The molecule has 0 spiro atoms. The summed E-state index contributed by atoms with van der Waals surface area (Å²) in [6.07, 6.45) is 0.542. The molecule has 2 amide bonds. The van der Waals surface area contributed by atoms with E-state index in [1.807, 2.05) is 62.4 Å². The minimum Gasteiger partial charge on any atom is -0.462 e. The lowest BCUT2D eigenvalue weighted by atomic mass is 10.0. The molecule has 0 bridgehead atoms. The Morgan fingerprint density at radius 1 is 1.10 bits per heavy atom. The van der Waals surface area contributed by atoms with Crippen molar-refractivity contribution in [3.63, 3.8) is 0 Å². The third kappa shape index (κ3) is 7.41. The molecule has 4 rings (SSSR count). The number of hydrogen-bond donors (Lipinski definition) is 3. The highest BCUT2D eigenvalue weighted by Gasteiger charge is 2.31. The van der Waals surface area contributed by atoms with E-state index in [4.69, 9.17) is 17.0 Å². The van der Waals surface area contributed by atoms with Crippen LogP contribution in [0.2, 0.25) is 0 Å². The van der Waals surface area contributed by atoms with Gasteiger partial charge in [0.15, 0.2) is 5.11 Å². The summed E-state index contributed by atoms with van der Waals surface area (Å²) < 4.78 is 5.30. The minimum absolute atomic E-state index is 0.0178. The maximum Gasteiger partial charge on any atom is 0.341 e. The second-order valence-corrected chi connectivity index (χ2v) is 12.3. The molecule has 3 N–H and O–H groups in total. The number of anilines is 3. The molecule has 2 aromatic carbocycles. The molecule has 0 radical (unpaired) electrons. The highest BCUT2D eigenvalue weighted by molar-refractivity contribution is 8.00. The van der Waals surface area contributed by atoms with Crippen molar-refractivity contribution < 1.29 is 19.1 Å². The first-order valence-electron chi connectivity index (χ1n) is 12.9. The summed E-state index contributed by atoms with van der Waals surface area (Å²) in [6.45, 7) is 8.31. The number of thiophene rings is 1. The number of thioether (sulfide) groups is 1. The number of carbonyl (C=O) groups is 3. The molecular formula is C29H32N4O4S3. The van der Waals surface area contributed by atoms with Gasteiger partial charge in [0.2, 0.25) is 11.8 Å². The standard InChI is InChI=1S/C29H32N4O4S3/c1-5-37-28(36)25-23-13-14-33(19(4)34)16-24(23)40-27(25)32-26(35)18(3)39-22-8-6-7-21(15-22)31-29(38)30-20-11-9-17(2)10-12-20/h6-12,15,18H,5,13-14,16H2,1-4H3,(H,32,35)(H2,30,31,38). The van der Waals surface area contributed by atoms with Crippen LogP contribution in [0.5, 0.6) is 0 Å². The molecule has 8 nitrogen and oxygen atoms in total. The SMILES string of the molecule is CCOC(=O)c1c(NC(=O)C(C)Sc2cccc(NC(=S)Nc3ccc(C)cc3)c2)sc2c1CCN(C(C)=O)C2. The van der Waals surface area contributed by atoms with E-state index >= 15 is 0 Å². The van der Waals surface area contributed by atoms with Crippen molar-refractivity contribution in [1.82, 2.24) is 4.90 Å². The van der Waals surface area contributed by atoms with Gasteiger partial charge in [-0.3, -0.25) is 9.59 Å². The molecule has 1 aromatic heterocycles.